The number of rotatable bonds is 16. The van der Waals surface area contributed by atoms with Crippen LogP contribution in [0.3, 0.4) is 0 Å². The van der Waals surface area contributed by atoms with Crippen LogP contribution in [0.5, 0.6) is 0 Å². The SMILES string of the molecule is CC(=O)N[C@H]1[C@H](O[C@H]2[C@@H](O)[C@@H](CO)O[C@@H](O[C@H]3[C@H](O)[C@@H](O)[C@H](OC[C@@H](CO)NC=O)O[C@@H]3CO)[C@@H]2O)O[C@H](CO)[C@@H](O)[C@@H]1O[C@@H]1O[C@@H](C)[C@@H](O)[C@@H](O)[C@@H]1O. The molecule has 14 N–H and O–H groups in total. The molecule has 0 unspecified atom stereocenters. The number of nitrogens with one attached hydrogen (secondary N) is 2. The predicted molar refractivity (Wildman–Crippen MR) is 168 cm³/mol. The molecule has 4 rings (SSSR count). The van der Waals surface area contributed by atoms with Crippen molar-refractivity contribution in [1.29, 1.82) is 0 Å². The summed E-state index contributed by atoms with van der Waals surface area (Å²) in [5, 5.41) is 130. The van der Waals surface area contributed by atoms with Gasteiger partial charge < -0.3 is 110 Å². The molecule has 2 amide bonds. The van der Waals surface area contributed by atoms with Gasteiger partial charge in [-0.05, 0) is 6.92 Å². The summed E-state index contributed by atoms with van der Waals surface area (Å²) in [7, 11) is 0. The summed E-state index contributed by atoms with van der Waals surface area (Å²) in [6.45, 7) is -1.13. The molecule has 54 heavy (non-hydrogen) atoms. The Kier molecular flexibility index (Phi) is 16.6. The lowest BCUT2D eigenvalue weighted by atomic mass is 9.94. The lowest BCUT2D eigenvalue weighted by molar-refractivity contribution is -0.380. The van der Waals surface area contributed by atoms with Gasteiger partial charge in [0.2, 0.25) is 12.3 Å². The van der Waals surface area contributed by atoms with E-state index < -0.39 is 161 Å². The van der Waals surface area contributed by atoms with Crippen molar-refractivity contribution in [2.45, 2.75) is 143 Å². The number of carbonyl (C=O) groups is 2. The van der Waals surface area contributed by atoms with Crippen LogP contribution < -0.4 is 10.6 Å². The number of amides is 2. The zero-order chi connectivity index (χ0) is 40.0. The fourth-order valence-corrected chi connectivity index (χ4v) is 6.47. The van der Waals surface area contributed by atoms with Crippen molar-refractivity contribution in [2.24, 2.45) is 0 Å². The minimum atomic E-state index is -2.05. The van der Waals surface area contributed by atoms with Gasteiger partial charge in [0.1, 0.15) is 91.5 Å². The van der Waals surface area contributed by atoms with Gasteiger partial charge in [-0.25, -0.2) is 0 Å². The Morgan fingerprint density at radius 3 is 1.72 bits per heavy atom. The van der Waals surface area contributed by atoms with Gasteiger partial charge in [0.25, 0.3) is 0 Å². The van der Waals surface area contributed by atoms with E-state index in [9.17, 15) is 70.9 Å². The molecule has 0 saturated carbocycles. The molecule has 0 bridgehead atoms. The standard InChI is InChI=1S/C30H52N2O22/c1-9-16(39)19(42)21(44)29(48-9)53-25-15(32-10(2)38)27(49-12(4-34)17(25)40)54-26-18(41)13(5-35)50-30(23(26)46)52-24-14(6-36)51-28(22(45)20(24)43)47-7-11(3-33)31-8-37/h8-9,11-30,33-36,39-46H,3-7H2,1-2H3,(H,31,37)(H,32,38)/t9-,11+,12+,13+,14+,15+,16+,17+,18-,19+,20+,21-,22+,23+,24+,25+,26-,27-,28+,29-,30-/m0/s1. The Morgan fingerprint density at radius 2 is 1.15 bits per heavy atom. The molecular weight excluding hydrogens is 740 g/mol. The second kappa shape index (κ2) is 20.0. The van der Waals surface area contributed by atoms with Gasteiger partial charge in [-0.15, -0.1) is 0 Å². The van der Waals surface area contributed by atoms with Crippen LogP contribution >= 0.6 is 0 Å². The second-order valence-electron chi connectivity index (χ2n) is 13.3. The molecule has 0 aromatic carbocycles. The zero-order valence-electron chi connectivity index (χ0n) is 29.2. The normalized spacial score (nSPS) is 46.4. The van der Waals surface area contributed by atoms with E-state index in [1.165, 1.54) is 6.92 Å². The first-order valence-corrected chi connectivity index (χ1v) is 17.2. The van der Waals surface area contributed by atoms with Crippen molar-refractivity contribution in [2.75, 3.05) is 33.0 Å². The highest BCUT2D eigenvalue weighted by Gasteiger charge is 2.55. The predicted octanol–water partition coefficient (Wildman–Crippen LogP) is -9.45. The third kappa shape index (κ3) is 9.98. The molecule has 0 aliphatic carbocycles. The highest BCUT2D eigenvalue weighted by atomic mass is 16.8. The van der Waals surface area contributed by atoms with Crippen LogP contribution in [-0.4, -0.2) is 235 Å². The Labute approximate surface area is 307 Å². The van der Waals surface area contributed by atoms with Crippen LogP contribution in [0.4, 0.5) is 0 Å². The number of carbonyl (C=O) groups excluding carboxylic acids is 2. The van der Waals surface area contributed by atoms with Crippen molar-refractivity contribution in [1.82, 2.24) is 10.6 Å². The topological polar surface area (TPSA) is 375 Å². The van der Waals surface area contributed by atoms with Crippen molar-refractivity contribution in [3.8, 4) is 0 Å². The van der Waals surface area contributed by atoms with Gasteiger partial charge in [0, 0.05) is 6.92 Å². The number of ether oxygens (including phenoxy) is 8. The van der Waals surface area contributed by atoms with Crippen molar-refractivity contribution < 1.29 is 109 Å². The fraction of sp³-hybridized carbons (Fsp3) is 0.933. The van der Waals surface area contributed by atoms with Crippen LogP contribution in [-0.2, 0) is 47.5 Å². The Hall–Kier alpha value is -1.86. The van der Waals surface area contributed by atoms with Gasteiger partial charge >= 0.3 is 0 Å². The molecule has 0 aromatic rings. The van der Waals surface area contributed by atoms with Gasteiger partial charge in [-0.1, -0.05) is 0 Å². The molecule has 0 radical (unpaired) electrons. The summed E-state index contributed by atoms with van der Waals surface area (Å²) in [5.41, 5.74) is 0. The number of aliphatic hydroxyl groups is 12. The van der Waals surface area contributed by atoms with Crippen molar-refractivity contribution in [3.05, 3.63) is 0 Å². The molecule has 0 spiro atoms. The zero-order valence-corrected chi connectivity index (χ0v) is 29.2. The largest absolute Gasteiger partial charge is 0.394 e. The average molecular weight is 793 g/mol. The number of hydrogen-bond acceptors (Lipinski definition) is 22. The molecule has 21 atom stereocenters. The lowest BCUT2D eigenvalue weighted by Gasteiger charge is -2.50. The maximum Gasteiger partial charge on any atom is 0.217 e. The average Bonchev–Trinajstić information content (AvgIpc) is 3.15. The van der Waals surface area contributed by atoms with Crippen LogP contribution in [0.25, 0.3) is 0 Å². The van der Waals surface area contributed by atoms with E-state index in [2.05, 4.69) is 10.6 Å². The highest BCUT2D eigenvalue weighted by Crippen LogP contribution is 2.34. The third-order valence-electron chi connectivity index (χ3n) is 9.53. The monoisotopic (exact) mass is 792 g/mol. The first kappa shape index (κ1) is 44.8. The van der Waals surface area contributed by atoms with E-state index in [0.29, 0.717) is 6.41 Å². The van der Waals surface area contributed by atoms with E-state index >= 15 is 0 Å². The first-order chi connectivity index (χ1) is 25.6. The smallest absolute Gasteiger partial charge is 0.217 e. The first-order valence-electron chi connectivity index (χ1n) is 17.2. The molecule has 4 heterocycles. The molecule has 24 heteroatoms. The highest BCUT2D eigenvalue weighted by molar-refractivity contribution is 5.73. The van der Waals surface area contributed by atoms with Crippen LogP contribution in [0.1, 0.15) is 13.8 Å². The molecular formula is C30H52N2O22. The van der Waals surface area contributed by atoms with Crippen molar-refractivity contribution >= 4 is 12.3 Å². The minimum Gasteiger partial charge on any atom is -0.394 e. The lowest BCUT2D eigenvalue weighted by Crippen LogP contribution is -2.70. The quantitative estimate of drug-likeness (QED) is 0.0645. The summed E-state index contributed by atoms with van der Waals surface area (Å²) in [5.74, 6) is -0.744. The number of aliphatic hydroxyl groups excluding tert-OH is 12. The molecule has 0 aromatic heterocycles. The van der Waals surface area contributed by atoms with Crippen molar-refractivity contribution in [3.63, 3.8) is 0 Å². The van der Waals surface area contributed by atoms with E-state index in [4.69, 9.17) is 37.9 Å². The van der Waals surface area contributed by atoms with Gasteiger partial charge in [0.15, 0.2) is 25.2 Å². The van der Waals surface area contributed by atoms with Gasteiger partial charge in [-0.2, -0.15) is 0 Å². The van der Waals surface area contributed by atoms with Crippen LogP contribution in [0, 0.1) is 0 Å². The summed E-state index contributed by atoms with van der Waals surface area (Å²) in [6, 6.07) is -2.48. The Morgan fingerprint density at radius 1 is 0.630 bits per heavy atom. The van der Waals surface area contributed by atoms with E-state index in [1.54, 1.807) is 0 Å². The molecule has 314 valence electrons. The molecule has 4 fully saturated rings. The Balaban J connectivity index is 1.56. The number of hydrogen-bond donors (Lipinski definition) is 14. The van der Waals surface area contributed by atoms with E-state index in [-0.39, 0.29) is 6.61 Å². The summed E-state index contributed by atoms with van der Waals surface area (Å²) < 4.78 is 45.1. The third-order valence-corrected chi connectivity index (χ3v) is 9.53. The maximum absolute atomic E-state index is 12.4. The fourth-order valence-electron chi connectivity index (χ4n) is 6.47. The summed E-state index contributed by atoms with van der Waals surface area (Å²) in [6.07, 6.45) is -32.2. The second-order valence-corrected chi connectivity index (χ2v) is 13.3. The molecule has 4 saturated heterocycles. The van der Waals surface area contributed by atoms with Gasteiger partial charge in [-0.3, -0.25) is 9.59 Å². The summed E-state index contributed by atoms with van der Waals surface area (Å²) in [4.78, 5) is 23.1. The van der Waals surface area contributed by atoms with Crippen LogP contribution in [0.15, 0.2) is 0 Å². The van der Waals surface area contributed by atoms with E-state index in [1.807, 2.05) is 0 Å². The van der Waals surface area contributed by atoms with Gasteiger partial charge in [0.05, 0.1) is 45.2 Å². The molecule has 4 aliphatic heterocycles. The molecule has 4 aliphatic rings. The summed E-state index contributed by atoms with van der Waals surface area (Å²) >= 11 is 0. The minimum absolute atomic E-state index is 0.304. The van der Waals surface area contributed by atoms with Crippen LogP contribution in [0.2, 0.25) is 0 Å². The van der Waals surface area contributed by atoms with E-state index in [0.717, 1.165) is 6.92 Å². The Bertz CT molecular complexity index is 1180. The maximum atomic E-state index is 12.4. The molecule has 24 nitrogen and oxygen atoms in total.